The topological polar surface area (TPSA) is 73.6 Å². The zero-order valence-corrected chi connectivity index (χ0v) is 5.85. The second-order valence-electron chi connectivity index (χ2n) is 1.63. The Morgan fingerprint density at radius 1 is 1.08 bits per heavy atom. The van der Waals surface area contributed by atoms with Crippen LogP contribution in [0.5, 0.6) is 0 Å². The molecule has 0 aliphatic carbocycles. The Bertz CT molecular complexity index is 216. The molecule has 1 aromatic heterocycles. The van der Waals surface area contributed by atoms with Crippen molar-refractivity contribution in [2.45, 2.75) is 0 Å². The Morgan fingerprint density at radius 2 is 1.42 bits per heavy atom. The second-order valence-corrected chi connectivity index (χ2v) is 1.63. The molecule has 66 valence electrons. The lowest BCUT2D eigenvalue weighted by atomic mass is 10.3. The van der Waals surface area contributed by atoms with Crippen LogP contribution in [-0.4, -0.2) is 27.4 Å². The van der Waals surface area contributed by atoms with Crippen molar-refractivity contribution in [3.63, 3.8) is 0 Å². The minimum atomic E-state index is -2.17. The normalized spacial score (nSPS) is 8.42. The summed E-state index contributed by atoms with van der Waals surface area (Å²) in [5, 5.41) is 21.5. The second kappa shape index (κ2) is 5.59. The summed E-state index contributed by atoms with van der Waals surface area (Å²) in [6.07, 6.45) is 0. The van der Waals surface area contributed by atoms with Crippen LogP contribution in [0, 0.1) is 11.9 Å². The molecule has 1 rings (SSSR count). The van der Waals surface area contributed by atoms with Crippen molar-refractivity contribution in [1.82, 2.24) is 4.98 Å². The summed E-state index contributed by atoms with van der Waals surface area (Å²) in [4.78, 5) is 2.84. The van der Waals surface area contributed by atoms with Gasteiger partial charge in [-0.3, -0.25) is 0 Å². The van der Waals surface area contributed by atoms with Gasteiger partial charge in [0.2, 0.25) is 11.9 Å². The maximum Gasteiger partial charge on any atom is 0.631 e. The van der Waals surface area contributed by atoms with Gasteiger partial charge in [-0.1, -0.05) is 6.07 Å². The van der Waals surface area contributed by atoms with Crippen LogP contribution in [0.2, 0.25) is 0 Å². The minimum Gasteiger partial charge on any atom is -0.402 e. The molecule has 0 spiro atoms. The van der Waals surface area contributed by atoms with E-state index in [-0.39, 0.29) is 0 Å². The van der Waals surface area contributed by atoms with Crippen LogP contribution in [0.4, 0.5) is 8.78 Å². The number of halogens is 2. The van der Waals surface area contributed by atoms with E-state index in [2.05, 4.69) is 4.98 Å². The third-order valence-electron chi connectivity index (χ3n) is 0.681. The summed E-state index contributed by atoms with van der Waals surface area (Å²) >= 11 is 0. The fourth-order valence-corrected chi connectivity index (χ4v) is 0.383. The molecular formula is C5H6BF2NO3. The molecular weight excluding hydrogens is 171 g/mol. The molecule has 12 heavy (non-hydrogen) atoms. The Morgan fingerprint density at radius 3 is 1.58 bits per heavy atom. The summed E-state index contributed by atoms with van der Waals surface area (Å²) in [5.74, 6) is -1.57. The van der Waals surface area contributed by atoms with Gasteiger partial charge in [-0.05, 0) is 12.1 Å². The van der Waals surface area contributed by atoms with E-state index in [9.17, 15) is 8.78 Å². The Balaban J connectivity index is 0.000000261. The molecule has 1 heterocycles. The van der Waals surface area contributed by atoms with Crippen molar-refractivity contribution in [3.8, 4) is 0 Å². The third kappa shape index (κ3) is 7.07. The van der Waals surface area contributed by atoms with Gasteiger partial charge in [-0.15, -0.1) is 0 Å². The van der Waals surface area contributed by atoms with Crippen LogP contribution in [0.3, 0.4) is 0 Å². The number of hydrogen-bond donors (Lipinski definition) is 3. The lowest BCUT2D eigenvalue weighted by molar-refractivity contribution is 0.278. The van der Waals surface area contributed by atoms with Gasteiger partial charge >= 0.3 is 7.32 Å². The fraction of sp³-hybridized carbons (Fsp3) is 0. The highest BCUT2D eigenvalue weighted by Gasteiger charge is 1.92. The van der Waals surface area contributed by atoms with Crippen LogP contribution in [0.15, 0.2) is 18.2 Å². The average molecular weight is 177 g/mol. The van der Waals surface area contributed by atoms with Crippen LogP contribution in [0.25, 0.3) is 0 Å². The van der Waals surface area contributed by atoms with Crippen LogP contribution >= 0.6 is 0 Å². The van der Waals surface area contributed by atoms with Gasteiger partial charge in [-0.2, -0.15) is 13.8 Å². The first-order valence-corrected chi connectivity index (χ1v) is 2.84. The van der Waals surface area contributed by atoms with Gasteiger partial charge in [0.15, 0.2) is 0 Å². The maximum absolute atomic E-state index is 11.8. The van der Waals surface area contributed by atoms with E-state index in [0.717, 1.165) is 12.1 Å². The van der Waals surface area contributed by atoms with E-state index in [4.69, 9.17) is 15.1 Å². The first kappa shape index (κ1) is 11.0. The summed E-state index contributed by atoms with van der Waals surface area (Å²) < 4.78 is 23.6. The van der Waals surface area contributed by atoms with Gasteiger partial charge < -0.3 is 15.1 Å². The van der Waals surface area contributed by atoms with Crippen molar-refractivity contribution in [2.75, 3.05) is 0 Å². The first-order chi connectivity index (χ1) is 5.52. The van der Waals surface area contributed by atoms with Gasteiger partial charge in [-0.25, -0.2) is 0 Å². The minimum absolute atomic E-state index is 0.787. The zero-order chi connectivity index (χ0) is 9.56. The molecule has 0 aliphatic heterocycles. The molecule has 0 fully saturated rings. The van der Waals surface area contributed by atoms with Crippen molar-refractivity contribution >= 4 is 7.32 Å². The number of aromatic nitrogens is 1. The van der Waals surface area contributed by atoms with Gasteiger partial charge in [0.1, 0.15) is 0 Å². The van der Waals surface area contributed by atoms with E-state index in [1.165, 1.54) is 6.07 Å². The predicted octanol–water partition coefficient (Wildman–Crippen LogP) is -0.692. The Hall–Kier alpha value is -1.05. The molecule has 0 unspecified atom stereocenters. The molecule has 0 radical (unpaired) electrons. The molecule has 4 nitrogen and oxygen atoms in total. The summed E-state index contributed by atoms with van der Waals surface area (Å²) in [7, 11) is -2.17. The summed E-state index contributed by atoms with van der Waals surface area (Å²) in [6.45, 7) is 0. The quantitative estimate of drug-likeness (QED) is 0.362. The van der Waals surface area contributed by atoms with E-state index in [0.29, 0.717) is 0 Å². The smallest absolute Gasteiger partial charge is 0.402 e. The van der Waals surface area contributed by atoms with Crippen LogP contribution in [0.1, 0.15) is 0 Å². The van der Waals surface area contributed by atoms with E-state index >= 15 is 0 Å². The molecule has 0 atom stereocenters. The molecule has 0 bridgehead atoms. The number of pyridine rings is 1. The molecule has 1 aromatic rings. The van der Waals surface area contributed by atoms with E-state index in [1.54, 1.807) is 0 Å². The highest BCUT2D eigenvalue weighted by atomic mass is 19.1. The zero-order valence-electron chi connectivity index (χ0n) is 5.85. The lowest BCUT2D eigenvalue weighted by Crippen LogP contribution is -2.07. The Kier molecular flexibility index (Phi) is 5.10. The fourth-order valence-electron chi connectivity index (χ4n) is 0.383. The standard InChI is InChI=1S/C5H3F2N.BH3O3/c6-4-2-1-3-5(7)8-4;2-1(3)4/h1-3H;2-4H. The third-order valence-corrected chi connectivity index (χ3v) is 0.681. The number of nitrogens with zero attached hydrogens (tertiary/aromatic N) is 1. The van der Waals surface area contributed by atoms with Gasteiger partial charge in [0, 0.05) is 0 Å². The van der Waals surface area contributed by atoms with Crippen molar-refractivity contribution in [3.05, 3.63) is 30.1 Å². The molecule has 0 amide bonds. The Labute approximate surface area is 67.3 Å². The van der Waals surface area contributed by atoms with E-state index in [1.807, 2.05) is 0 Å². The molecule has 3 N–H and O–H groups in total. The first-order valence-electron chi connectivity index (χ1n) is 2.84. The van der Waals surface area contributed by atoms with Crippen molar-refractivity contribution in [2.24, 2.45) is 0 Å². The highest BCUT2D eigenvalue weighted by Crippen LogP contribution is 1.93. The number of rotatable bonds is 0. The molecule has 0 saturated carbocycles. The summed E-state index contributed by atoms with van der Waals surface area (Å²) in [6, 6.07) is 3.43. The van der Waals surface area contributed by atoms with Gasteiger partial charge in [0.05, 0.1) is 0 Å². The summed E-state index contributed by atoms with van der Waals surface area (Å²) in [5.41, 5.74) is 0. The highest BCUT2D eigenvalue weighted by molar-refractivity contribution is 6.30. The van der Waals surface area contributed by atoms with Crippen LogP contribution < -0.4 is 0 Å². The average Bonchev–Trinajstić information content (AvgIpc) is 1.84. The molecule has 0 aliphatic rings. The number of hydrogen-bond acceptors (Lipinski definition) is 4. The van der Waals surface area contributed by atoms with Crippen molar-refractivity contribution in [1.29, 1.82) is 0 Å². The predicted molar refractivity (Wildman–Crippen MR) is 36.6 cm³/mol. The molecule has 0 saturated heterocycles. The van der Waals surface area contributed by atoms with Crippen LogP contribution in [-0.2, 0) is 0 Å². The lowest BCUT2D eigenvalue weighted by Gasteiger charge is -1.83. The molecule has 0 aromatic carbocycles. The largest absolute Gasteiger partial charge is 0.631 e. The monoisotopic (exact) mass is 177 g/mol. The van der Waals surface area contributed by atoms with Gasteiger partial charge in [0.25, 0.3) is 0 Å². The van der Waals surface area contributed by atoms with E-state index < -0.39 is 19.2 Å². The van der Waals surface area contributed by atoms with Crippen molar-refractivity contribution < 1.29 is 23.9 Å². The maximum atomic E-state index is 11.8. The molecule has 7 heteroatoms. The SMILES string of the molecule is Fc1cccc(F)n1.OB(O)O.